The van der Waals surface area contributed by atoms with Crippen molar-refractivity contribution >= 4 is 0 Å². The lowest BCUT2D eigenvalue weighted by atomic mass is 9.81. The lowest BCUT2D eigenvalue weighted by Crippen LogP contribution is -2.32. The van der Waals surface area contributed by atoms with Gasteiger partial charge >= 0.3 is 0 Å². The van der Waals surface area contributed by atoms with Crippen LogP contribution in [0.15, 0.2) is 24.3 Å². The molecule has 17 heavy (non-hydrogen) atoms. The molecule has 2 fully saturated rings. The SMILES string of the molecule is CNC(c1ccccc1F)C1CC2CCC1O2. The topological polar surface area (TPSA) is 21.3 Å². The summed E-state index contributed by atoms with van der Waals surface area (Å²) in [5.74, 6) is 0.297. The molecule has 1 aromatic carbocycles. The normalized spacial score (nSPS) is 32.9. The molecule has 0 saturated carbocycles. The first-order valence-electron chi connectivity index (χ1n) is 6.36. The molecule has 2 saturated heterocycles. The van der Waals surface area contributed by atoms with Gasteiger partial charge in [-0.3, -0.25) is 0 Å². The predicted octanol–water partition coefficient (Wildman–Crippen LogP) is 2.65. The van der Waals surface area contributed by atoms with Crippen molar-refractivity contribution in [2.24, 2.45) is 5.92 Å². The number of nitrogens with one attached hydrogen (secondary N) is 1. The van der Waals surface area contributed by atoms with Crippen LogP contribution in [0.5, 0.6) is 0 Å². The van der Waals surface area contributed by atoms with Gasteiger partial charge in [0.05, 0.1) is 12.2 Å². The van der Waals surface area contributed by atoms with Gasteiger partial charge in [-0.25, -0.2) is 4.39 Å². The van der Waals surface area contributed by atoms with Gasteiger partial charge in [0.1, 0.15) is 5.82 Å². The summed E-state index contributed by atoms with van der Waals surface area (Å²) in [5, 5.41) is 3.27. The Hall–Kier alpha value is -0.930. The maximum Gasteiger partial charge on any atom is 0.127 e. The van der Waals surface area contributed by atoms with E-state index < -0.39 is 0 Å². The molecule has 2 aliphatic heterocycles. The van der Waals surface area contributed by atoms with Crippen molar-refractivity contribution in [3.8, 4) is 0 Å². The van der Waals surface area contributed by atoms with Gasteiger partial charge < -0.3 is 10.1 Å². The third-order valence-electron chi connectivity index (χ3n) is 4.13. The predicted molar refractivity (Wildman–Crippen MR) is 64.2 cm³/mol. The van der Waals surface area contributed by atoms with E-state index in [1.807, 2.05) is 19.2 Å². The smallest absolute Gasteiger partial charge is 0.127 e. The van der Waals surface area contributed by atoms with Gasteiger partial charge in [0, 0.05) is 17.5 Å². The van der Waals surface area contributed by atoms with Crippen molar-refractivity contribution in [1.29, 1.82) is 0 Å². The number of halogens is 1. The van der Waals surface area contributed by atoms with Gasteiger partial charge in [-0.15, -0.1) is 0 Å². The highest BCUT2D eigenvalue weighted by molar-refractivity contribution is 5.23. The molecular weight excluding hydrogens is 217 g/mol. The zero-order valence-corrected chi connectivity index (χ0v) is 10.0. The molecule has 1 N–H and O–H groups in total. The van der Waals surface area contributed by atoms with Gasteiger partial charge in [0.2, 0.25) is 0 Å². The Labute approximate surface area is 101 Å². The summed E-state index contributed by atoms with van der Waals surface area (Å²) in [6, 6.07) is 7.13. The third-order valence-corrected chi connectivity index (χ3v) is 4.13. The Kier molecular flexibility index (Phi) is 2.89. The molecule has 0 aromatic heterocycles. The van der Waals surface area contributed by atoms with Crippen molar-refractivity contribution in [1.82, 2.24) is 5.32 Å². The van der Waals surface area contributed by atoms with E-state index in [9.17, 15) is 4.39 Å². The van der Waals surface area contributed by atoms with Crippen molar-refractivity contribution in [2.45, 2.75) is 37.5 Å². The highest BCUT2D eigenvalue weighted by atomic mass is 19.1. The van der Waals surface area contributed by atoms with E-state index in [4.69, 9.17) is 4.74 Å². The molecule has 2 heterocycles. The molecule has 0 radical (unpaired) electrons. The van der Waals surface area contributed by atoms with Crippen LogP contribution in [0.1, 0.15) is 30.9 Å². The van der Waals surface area contributed by atoms with Crippen molar-refractivity contribution in [2.75, 3.05) is 7.05 Å². The summed E-state index contributed by atoms with van der Waals surface area (Å²) in [6.45, 7) is 0. The molecule has 1 aromatic rings. The first kappa shape index (κ1) is 11.2. The molecule has 0 amide bonds. The Morgan fingerprint density at radius 3 is 2.76 bits per heavy atom. The van der Waals surface area contributed by atoms with Crippen molar-refractivity contribution in [3.05, 3.63) is 35.6 Å². The zero-order chi connectivity index (χ0) is 11.8. The molecule has 3 heteroatoms. The van der Waals surface area contributed by atoms with Gasteiger partial charge in [-0.2, -0.15) is 0 Å². The van der Waals surface area contributed by atoms with Gasteiger partial charge in [0.15, 0.2) is 0 Å². The van der Waals surface area contributed by atoms with E-state index in [0.29, 0.717) is 18.1 Å². The van der Waals surface area contributed by atoms with Crippen LogP contribution in [0.3, 0.4) is 0 Å². The summed E-state index contributed by atoms with van der Waals surface area (Å²) < 4.78 is 19.7. The van der Waals surface area contributed by atoms with E-state index in [1.165, 1.54) is 12.5 Å². The van der Waals surface area contributed by atoms with Gasteiger partial charge in [-0.1, -0.05) is 18.2 Å². The number of fused-ring (bicyclic) bond motifs is 2. The number of ether oxygens (including phenoxy) is 1. The molecule has 0 spiro atoms. The molecule has 0 aliphatic carbocycles. The highest BCUT2D eigenvalue weighted by Gasteiger charge is 2.44. The fraction of sp³-hybridized carbons (Fsp3) is 0.571. The first-order valence-corrected chi connectivity index (χ1v) is 6.36. The van der Waals surface area contributed by atoms with Crippen LogP contribution < -0.4 is 5.32 Å². The summed E-state index contributed by atoms with van der Waals surface area (Å²) in [6.07, 6.45) is 4.09. The monoisotopic (exact) mass is 235 g/mol. The molecule has 4 unspecified atom stereocenters. The molecule has 2 bridgehead atoms. The van der Waals surface area contributed by atoms with Gasteiger partial charge in [0.25, 0.3) is 0 Å². The standard InChI is InChI=1S/C14H18FNO/c1-16-14(10-4-2-3-5-12(10)15)11-8-9-6-7-13(11)17-9/h2-5,9,11,13-14,16H,6-8H2,1H3. The lowest BCUT2D eigenvalue weighted by molar-refractivity contribution is 0.0860. The van der Waals surface area contributed by atoms with Crippen LogP contribution in [0, 0.1) is 11.7 Å². The fourth-order valence-corrected chi connectivity index (χ4v) is 3.36. The van der Waals surface area contributed by atoms with Crippen LogP contribution in [-0.2, 0) is 4.74 Å². The average Bonchev–Trinajstić information content (AvgIpc) is 2.95. The number of hydrogen-bond acceptors (Lipinski definition) is 2. The van der Waals surface area contributed by atoms with Crippen molar-refractivity contribution < 1.29 is 9.13 Å². The number of hydrogen-bond donors (Lipinski definition) is 1. The molecule has 92 valence electrons. The summed E-state index contributed by atoms with van der Waals surface area (Å²) in [4.78, 5) is 0. The maximum absolute atomic E-state index is 13.8. The second-order valence-electron chi connectivity index (χ2n) is 5.06. The summed E-state index contributed by atoms with van der Waals surface area (Å²) in [7, 11) is 1.91. The molecule has 3 rings (SSSR count). The largest absolute Gasteiger partial charge is 0.375 e. The van der Waals surface area contributed by atoms with E-state index in [0.717, 1.165) is 18.4 Å². The Morgan fingerprint density at radius 1 is 1.35 bits per heavy atom. The van der Waals surface area contributed by atoms with Crippen molar-refractivity contribution in [3.63, 3.8) is 0 Å². The zero-order valence-electron chi connectivity index (χ0n) is 10.0. The molecular formula is C14H18FNO. The summed E-state index contributed by atoms with van der Waals surface area (Å²) >= 11 is 0. The average molecular weight is 235 g/mol. The third kappa shape index (κ3) is 1.87. The van der Waals surface area contributed by atoms with E-state index in [2.05, 4.69) is 5.32 Å². The minimum atomic E-state index is -0.116. The maximum atomic E-state index is 13.8. The second-order valence-corrected chi connectivity index (χ2v) is 5.06. The highest BCUT2D eigenvalue weighted by Crippen LogP contribution is 2.44. The van der Waals surface area contributed by atoms with Crippen LogP contribution in [0.25, 0.3) is 0 Å². The van der Waals surface area contributed by atoms with E-state index >= 15 is 0 Å². The number of rotatable bonds is 3. The molecule has 4 atom stereocenters. The fourth-order valence-electron chi connectivity index (χ4n) is 3.36. The van der Waals surface area contributed by atoms with Crippen LogP contribution in [-0.4, -0.2) is 19.3 Å². The second kappa shape index (κ2) is 4.39. The Balaban J connectivity index is 1.87. The minimum absolute atomic E-state index is 0.0755. The van der Waals surface area contributed by atoms with Crippen LogP contribution in [0.4, 0.5) is 4.39 Å². The van der Waals surface area contributed by atoms with Crippen LogP contribution >= 0.6 is 0 Å². The Bertz CT molecular complexity index is 409. The minimum Gasteiger partial charge on any atom is -0.375 e. The van der Waals surface area contributed by atoms with Crippen LogP contribution in [0.2, 0.25) is 0 Å². The molecule has 2 nitrogen and oxygen atoms in total. The van der Waals surface area contributed by atoms with Gasteiger partial charge in [-0.05, 0) is 32.4 Å². The molecule has 2 aliphatic rings. The number of benzene rings is 1. The lowest BCUT2D eigenvalue weighted by Gasteiger charge is -2.28. The summed E-state index contributed by atoms with van der Waals surface area (Å²) in [5.41, 5.74) is 0.774. The first-order chi connectivity index (χ1) is 8.29. The quantitative estimate of drug-likeness (QED) is 0.869. The van der Waals surface area contributed by atoms with E-state index in [1.54, 1.807) is 6.07 Å². The Morgan fingerprint density at radius 2 is 2.18 bits per heavy atom. The van der Waals surface area contributed by atoms with E-state index in [-0.39, 0.29) is 11.9 Å².